The molecule has 82 valence electrons. The van der Waals surface area contributed by atoms with Gasteiger partial charge in [0.05, 0.1) is 0 Å². The molecule has 0 aliphatic heterocycles. The van der Waals surface area contributed by atoms with Gasteiger partial charge in [0.25, 0.3) is 5.62 Å². The lowest BCUT2D eigenvalue weighted by Crippen LogP contribution is -2.09. The molecule has 0 radical (unpaired) electrons. The zero-order valence-corrected chi connectivity index (χ0v) is 8.98. The van der Waals surface area contributed by atoms with E-state index in [0.717, 1.165) is 5.39 Å². The van der Waals surface area contributed by atoms with Crippen LogP contribution in [0, 0.1) is 0 Å². The third-order valence-corrected chi connectivity index (χ3v) is 2.72. The number of hydrogen-bond donors (Lipinski definition) is 0. The number of carbonyl (C=O) groups excluding carboxylic acids is 1. The summed E-state index contributed by atoms with van der Waals surface area (Å²) in [6.45, 7) is 0. The van der Waals surface area contributed by atoms with Gasteiger partial charge in [-0.1, -0.05) is 36.4 Å². The molecule has 0 saturated heterocycles. The molecule has 0 fully saturated rings. The summed E-state index contributed by atoms with van der Waals surface area (Å²) in [6.07, 6.45) is 0. The summed E-state index contributed by atoms with van der Waals surface area (Å²) in [6, 6.07) is 12.2. The number of rotatable bonds is 3. The predicted octanol–water partition coefficient (Wildman–Crippen LogP) is 1.74. The molecule has 0 atom stereocenters. The van der Waals surface area contributed by atoms with Crippen molar-refractivity contribution in [2.75, 3.05) is 0 Å². The lowest BCUT2D eigenvalue weighted by molar-refractivity contribution is 0.491. The summed E-state index contributed by atoms with van der Waals surface area (Å²) in [7, 11) is -4.14. The average molecular weight is 236 g/mol. The van der Waals surface area contributed by atoms with E-state index in [1.54, 1.807) is 18.2 Å². The van der Waals surface area contributed by atoms with Crippen molar-refractivity contribution in [3.63, 3.8) is 0 Å². The van der Waals surface area contributed by atoms with Crippen LogP contribution in [0.4, 0.5) is 0 Å². The van der Waals surface area contributed by atoms with Crippen LogP contribution in [0.25, 0.3) is 10.8 Å². The predicted molar refractivity (Wildman–Crippen MR) is 60.2 cm³/mol. The second-order valence-electron chi connectivity index (χ2n) is 3.15. The lowest BCUT2D eigenvalue weighted by atomic mass is 10.1. The zero-order valence-electron chi connectivity index (χ0n) is 8.16. The van der Waals surface area contributed by atoms with Crippen molar-refractivity contribution in [3.8, 4) is 5.75 Å². The van der Waals surface area contributed by atoms with Crippen LogP contribution in [0.15, 0.2) is 42.5 Å². The Bertz CT molecular complexity index is 626. The Morgan fingerprint density at radius 1 is 1.00 bits per heavy atom. The highest BCUT2D eigenvalue weighted by Gasteiger charge is 2.12. The van der Waals surface area contributed by atoms with Gasteiger partial charge in [0.2, 0.25) is 0 Å². The van der Waals surface area contributed by atoms with Crippen molar-refractivity contribution in [3.05, 3.63) is 42.5 Å². The normalized spacial score (nSPS) is 11.2. The number of benzene rings is 2. The van der Waals surface area contributed by atoms with Crippen molar-refractivity contribution in [1.29, 1.82) is 0 Å². The highest BCUT2D eigenvalue weighted by atomic mass is 32.2. The van der Waals surface area contributed by atoms with Crippen molar-refractivity contribution in [1.82, 2.24) is 0 Å². The Morgan fingerprint density at radius 3 is 2.44 bits per heavy atom. The Hall–Kier alpha value is -1.88. The molecule has 2 rings (SSSR count). The third-order valence-electron chi connectivity index (χ3n) is 2.07. The molecule has 2 aromatic carbocycles. The Kier molecular flexibility index (Phi) is 2.62. The first-order valence-corrected chi connectivity index (χ1v) is 5.97. The fraction of sp³-hybridized carbons (Fsp3) is 0. The summed E-state index contributed by atoms with van der Waals surface area (Å²) in [4.78, 5) is 10.3. The fourth-order valence-electron chi connectivity index (χ4n) is 1.41. The minimum Gasteiger partial charge on any atom is -0.376 e. The van der Waals surface area contributed by atoms with Gasteiger partial charge in [0, 0.05) is 5.39 Å². The Balaban J connectivity index is 2.57. The average Bonchev–Trinajstić information content (AvgIpc) is 2.29. The topological polar surface area (TPSA) is 60.4 Å². The van der Waals surface area contributed by atoms with E-state index in [9.17, 15) is 13.2 Å². The van der Waals surface area contributed by atoms with Crippen LogP contribution in [-0.2, 0) is 14.9 Å². The van der Waals surface area contributed by atoms with Crippen LogP contribution in [0.1, 0.15) is 0 Å². The van der Waals surface area contributed by atoms with Crippen molar-refractivity contribution in [2.45, 2.75) is 0 Å². The molecule has 0 N–H and O–H groups in total. The highest BCUT2D eigenvalue weighted by molar-refractivity contribution is 8.00. The second kappa shape index (κ2) is 3.94. The van der Waals surface area contributed by atoms with E-state index in [2.05, 4.69) is 4.18 Å². The lowest BCUT2D eigenvalue weighted by Gasteiger charge is -2.05. The largest absolute Gasteiger partial charge is 0.376 e. The molecule has 0 amide bonds. The van der Waals surface area contributed by atoms with E-state index in [1.807, 2.05) is 18.2 Å². The molecule has 0 aromatic heterocycles. The van der Waals surface area contributed by atoms with Crippen molar-refractivity contribution < 1.29 is 17.4 Å². The number of hydrogen-bond acceptors (Lipinski definition) is 4. The number of carbonyl (C=O) groups is 1. The van der Waals surface area contributed by atoms with Gasteiger partial charge >= 0.3 is 10.1 Å². The molecule has 0 heterocycles. The molecular formula is C11H8O4S. The number of fused-ring (bicyclic) bond motifs is 1. The fourth-order valence-corrected chi connectivity index (χ4v) is 1.85. The van der Waals surface area contributed by atoms with Crippen LogP contribution in [0.5, 0.6) is 5.75 Å². The summed E-state index contributed by atoms with van der Waals surface area (Å²) in [5.41, 5.74) is -0.214. The molecule has 0 spiro atoms. The Morgan fingerprint density at radius 2 is 1.69 bits per heavy atom. The SMILES string of the molecule is O=CS(=O)(=O)Oc1cccc2ccccc12. The zero-order chi connectivity index (χ0) is 11.6. The standard InChI is InChI=1S/C11H8O4S/c12-8-16(13,14)15-11-7-3-5-9-4-1-2-6-10(9)11/h1-8H. The van der Waals surface area contributed by atoms with E-state index in [4.69, 9.17) is 0 Å². The summed E-state index contributed by atoms with van der Waals surface area (Å²) < 4.78 is 26.7. The van der Waals surface area contributed by atoms with Gasteiger partial charge in [-0.3, -0.25) is 4.79 Å². The van der Waals surface area contributed by atoms with Gasteiger partial charge in [-0.15, -0.1) is 0 Å². The van der Waals surface area contributed by atoms with Gasteiger partial charge in [-0.05, 0) is 11.5 Å². The van der Waals surface area contributed by atoms with Gasteiger partial charge in [-0.2, -0.15) is 8.42 Å². The summed E-state index contributed by atoms with van der Waals surface area (Å²) >= 11 is 0. The van der Waals surface area contributed by atoms with Crippen LogP contribution in [0.3, 0.4) is 0 Å². The smallest absolute Gasteiger partial charge is 0.370 e. The van der Waals surface area contributed by atoms with Gasteiger partial charge in [-0.25, -0.2) is 0 Å². The van der Waals surface area contributed by atoms with Crippen LogP contribution in [0.2, 0.25) is 0 Å². The third kappa shape index (κ3) is 2.04. The first-order chi connectivity index (χ1) is 7.62. The Labute approximate surface area is 92.6 Å². The van der Waals surface area contributed by atoms with Crippen LogP contribution >= 0.6 is 0 Å². The maximum atomic E-state index is 11.0. The van der Waals surface area contributed by atoms with Crippen LogP contribution < -0.4 is 4.18 Å². The molecule has 0 aliphatic rings. The second-order valence-corrected chi connectivity index (χ2v) is 4.49. The van der Waals surface area contributed by atoms with E-state index < -0.39 is 10.1 Å². The minimum atomic E-state index is -4.14. The van der Waals surface area contributed by atoms with E-state index in [1.165, 1.54) is 6.07 Å². The van der Waals surface area contributed by atoms with Crippen molar-refractivity contribution >= 4 is 26.5 Å². The molecule has 4 nitrogen and oxygen atoms in total. The van der Waals surface area contributed by atoms with Crippen molar-refractivity contribution in [2.24, 2.45) is 0 Å². The molecule has 5 heteroatoms. The van der Waals surface area contributed by atoms with Gasteiger partial charge < -0.3 is 4.18 Å². The molecule has 0 unspecified atom stereocenters. The van der Waals surface area contributed by atoms with E-state index in [0.29, 0.717) is 5.39 Å². The summed E-state index contributed by atoms with van der Waals surface area (Å²) in [5, 5.41) is 1.50. The monoisotopic (exact) mass is 236 g/mol. The van der Waals surface area contributed by atoms with E-state index in [-0.39, 0.29) is 11.4 Å². The van der Waals surface area contributed by atoms with Gasteiger partial charge in [0.1, 0.15) is 0 Å². The highest BCUT2D eigenvalue weighted by Crippen LogP contribution is 2.25. The molecule has 2 aromatic rings. The first kappa shape index (κ1) is 10.6. The molecule has 16 heavy (non-hydrogen) atoms. The molecule has 0 bridgehead atoms. The summed E-state index contributed by atoms with van der Waals surface area (Å²) in [5.74, 6) is 0.158. The van der Waals surface area contributed by atoms with Crippen LogP contribution in [-0.4, -0.2) is 14.0 Å². The minimum absolute atomic E-state index is 0.158. The van der Waals surface area contributed by atoms with E-state index >= 15 is 0 Å². The molecule has 0 saturated carbocycles. The quantitative estimate of drug-likeness (QED) is 0.601. The molecule has 0 aliphatic carbocycles. The first-order valence-electron chi connectivity index (χ1n) is 4.50. The molecular weight excluding hydrogens is 228 g/mol. The maximum absolute atomic E-state index is 11.0. The maximum Gasteiger partial charge on any atom is 0.370 e. The van der Waals surface area contributed by atoms with Gasteiger partial charge in [0.15, 0.2) is 5.75 Å².